The maximum absolute atomic E-state index is 12.0. The molecule has 0 fully saturated rings. The second-order valence-corrected chi connectivity index (χ2v) is 4.01. The Morgan fingerprint density at radius 2 is 2.21 bits per heavy atom. The van der Waals surface area contributed by atoms with Crippen LogP contribution in [-0.2, 0) is 13.6 Å². The van der Waals surface area contributed by atoms with Crippen molar-refractivity contribution in [2.75, 3.05) is 5.32 Å². The highest BCUT2D eigenvalue weighted by atomic mass is 16.3. The molecular formula is C12H14N4O3. The molecule has 0 spiro atoms. The van der Waals surface area contributed by atoms with Gasteiger partial charge in [0.1, 0.15) is 0 Å². The third kappa shape index (κ3) is 2.50. The number of aromatic nitrogens is 2. The Kier molecular flexibility index (Phi) is 3.39. The minimum absolute atomic E-state index is 0.0337. The Balaban J connectivity index is 2.28. The number of amides is 1. The monoisotopic (exact) mass is 262 g/mol. The number of nitrogens with zero attached hydrogens (tertiary/aromatic N) is 2. The SMILES string of the molecule is Cn1cc(CN)c(NC(=O)c2cccc(O)c2O)n1. The quantitative estimate of drug-likeness (QED) is 0.603. The molecule has 5 N–H and O–H groups in total. The molecule has 0 saturated heterocycles. The molecule has 1 heterocycles. The number of aromatic hydroxyl groups is 2. The number of aryl methyl sites for hydroxylation is 1. The molecule has 0 radical (unpaired) electrons. The first-order chi connectivity index (χ1) is 9.02. The van der Waals surface area contributed by atoms with Crippen molar-refractivity contribution in [3.63, 3.8) is 0 Å². The van der Waals surface area contributed by atoms with Crippen LogP contribution in [0.25, 0.3) is 0 Å². The van der Waals surface area contributed by atoms with Gasteiger partial charge in [-0.1, -0.05) is 6.07 Å². The van der Waals surface area contributed by atoms with Gasteiger partial charge in [0, 0.05) is 25.4 Å². The van der Waals surface area contributed by atoms with Crippen LogP contribution < -0.4 is 11.1 Å². The van der Waals surface area contributed by atoms with Crippen molar-refractivity contribution in [2.24, 2.45) is 12.8 Å². The number of phenols is 2. The van der Waals surface area contributed by atoms with E-state index in [-0.39, 0.29) is 17.9 Å². The maximum atomic E-state index is 12.0. The molecule has 0 aliphatic carbocycles. The van der Waals surface area contributed by atoms with Gasteiger partial charge in [-0.2, -0.15) is 5.10 Å². The van der Waals surface area contributed by atoms with Gasteiger partial charge in [-0.15, -0.1) is 0 Å². The number of carbonyl (C=O) groups is 1. The molecule has 0 atom stereocenters. The molecular weight excluding hydrogens is 248 g/mol. The van der Waals surface area contributed by atoms with Crippen LogP contribution in [0.2, 0.25) is 0 Å². The molecule has 1 aromatic carbocycles. The molecule has 0 saturated carbocycles. The van der Waals surface area contributed by atoms with E-state index < -0.39 is 11.7 Å². The topological polar surface area (TPSA) is 113 Å². The van der Waals surface area contributed by atoms with E-state index in [1.165, 1.54) is 22.9 Å². The minimum Gasteiger partial charge on any atom is -0.504 e. The summed E-state index contributed by atoms with van der Waals surface area (Å²) < 4.78 is 1.53. The van der Waals surface area contributed by atoms with Crippen molar-refractivity contribution in [2.45, 2.75) is 6.54 Å². The first-order valence-electron chi connectivity index (χ1n) is 5.57. The summed E-state index contributed by atoms with van der Waals surface area (Å²) in [5.74, 6) is -1.06. The number of rotatable bonds is 3. The Hall–Kier alpha value is -2.54. The lowest BCUT2D eigenvalue weighted by Gasteiger charge is -2.06. The van der Waals surface area contributed by atoms with Crippen LogP contribution in [0.3, 0.4) is 0 Å². The van der Waals surface area contributed by atoms with Crippen molar-refractivity contribution < 1.29 is 15.0 Å². The zero-order valence-electron chi connectivity index (χ0n) is 10.3. The highest BCUT2D eigenvalue weighted by Crippen LogP contribution is 2.28. The first-order valence-corrected chi connectivity index (χ1v) is 5.57. The lowest BCUT2D eigenvalue weighted by molar-refractivity contribution is 0.102. The zero-order valence-corrected chi connectivity index (χ0v) is 10.3. The van der Waals surface area contributed by atoms with E-state index in [9.17, 15) is 15.0 Å². The summed E-state index contributed by atoms with van der Waals surface area (Å²) in [6.45, 7) is 0.232. The molecule has 0 bridgehead atoms. The van der Waals surface area contributed by atoms with Crippen LogP contribution in [0.4, 0.5) is 5.82 Å². The Bertz CT molecular complexity index is 621. The molecule has 1 aromatic heterocycles. The number of phenolic OH excluding ortho intramolecular Hbond substituents is 2. The number of hydrogen-bond acceptors (Lipinski definition) is 5. The standard InChI is InChI=1S/C12H14N4O3/c1-16-6-7(5-13)11(15-16)14-12(19)8-3-2-4-9(17)10(8)18/h2-4,6,17-18H,5,13H2,1H3,(H,14,15,19). The second-order valence-electron chi connectivity index (χ2n) is 4.01. The fourth-order valence-electron chi connectivity index (χ4n) is 1.68. The lowest BCUT2D eigenvalue weighted by atomic mass is 10.1. The summed E-state index contributed by atoms with van der Waals surface area (Å²) in [6, 6.07) is 4.15. The number of anilines is 1. The summed E-state index contributed by atoms with van der Waals surface area (Å²) in [7, 11) is 1.71. The van der Waals surface area contributed by atoms with Crippen molar-refractivity contribution in [3.05, 3.63) is 35.5 Å². The Morgan fingerprint density at radius 1 is 1.47 bits per heavy atom. The van der Waals surface area contributed by atoms with E-state index in [1.807, 2.05) is 0 Å². The average Bonchev–Trinajstić information content (AvgIpc) is 2.72. The van der Waals surface area contributed by atoms with Gasteiger partial charge in [-0.25, -0.2) is 0 Å². The van der Waals surface area contributed by atoms with Crippen LogP contribution in [0.5, 0.6) is 11.5 Å². The molecule has 7 nitrogen and oxygen atoms in total. The van der Waals surface area contributed by atoms with Gasteiger partial charge in [0.15, 0.2) is 17.3 Å². The van der Waals surface area contributed by atoms with Crippen molar-refractivity contribution >= 4 is 11.7 Å². The second kappa shape index (κ2) is 4.99. The predicted octanol–water partition coefficient (Wildman–Crippen LogP) is 0.542. The fourth-order valence-corrected chi connectivity index (χ4v) is 1.68. The summed E-state index contributed by atoms with van der Waals surface area (Å²) >= 11 is 0. The van der Waals surface area contributed by atoms with Gasteiger partial charge in [-0.05, 0) is 12.1 Å². The molecule has 2 rings (SSSR count). The van der Waals surface area contributed by atoms with E-state index >= 15 is 0 Å². The number of nitrogens with two attached hydrogens (primary N) is 1. The largest absolute Gasteiger partial charge is 0.504 e. The fraction of sp³-hybridized carbons (Fsp3) is 0.167. The minimum atomic E-state index is -0.568. The Labute approximate surface area is 109 Å². The van der Waals surface area contributed by atoms with Crippen LogP contribution in [0.15, 0.2) is 24.4 Å². The number of benzene rings is 1. The number of hydrogen-bond donors (Lipinski definition) is 4. The van der Waals surface area contributed by atoms with Gasteiger partial charge in [0.05, 0.1) is 5.56 Å². The third-order valence-corrected chi connectivity index (χ3v) is 2.62. The van der Waals surface area contributed by atoms with Gasteiger partial charge < -0.3 is 21.3 Å². The van der Waals surface area contributed by atoms with E-state index in [4.69, 9.17) is 5.73 Å². The lowest BCUT2D eigenvalue weighted by Crippen LogP contribution is -2.14. The van der Waals surface area contributed by atoms with Gasteiger partial charge in [0.25, 0.3) is 5.91 Å². The van der Waals surface area contributed by atoms with Crippen molar-refractivity contribution in [1.29, 1.82) is 0 Å². The van der Waals surface area contributed by atoms with Crippen LogP contribution >= 0.6 is 0 Å². The molecule has 1 amide bonds. The summed E-state index contributed by atoms with van der Waals surface area (Å²) in [5, 5.41) is 25.6. The molecule has 0 aliphatic rings. The van der Waals surface area contributed by atoms with Gasteiger partial charge in [-0.3, -0.25) is 9.48 Å². The number of carbonyl (C=O) groups excluding carboxylic acids is 1. The Morgan fingerprint density at radius 3 is 2.89 bits per heavy atom. The maximum Gasteiger partial charge on any atom is 0.260 e. The van der Waals surface area contributed by atoms with Crippen LogP contribution in [0, 0.1) is 0 Å². The first kappa shape index (κ1) is 12.9. The van der Waals surface area contributed by atoms with Crippen molar-refractivity contribution in [3.8, 4) is 11.5 Å². The molecule has 0 aliphatic heterocycles. The van der Waals surface area contributed by atoms with Crippen molar-refractivity contribution in [1.82, 2.24) is 9.78 Å². The molecule has 0 unspecified atom stereocenters. The third-order valence-electron chi connectivity index (χ3n) is 2.62. The summed E-state index contributed by atoms with van der Waals surface area (Å²) in [5.41, 5.74) is 6.18. The smallest absolute Gasteiger partial charge is 0.260 e. The highest BCUT2D eigenvalue weighted by Gasteiger charge is 2.16. The van der Waals surface area contributed by atoms with Crippen LogP contribution in [-0.4, -0.2) is 25.9 Å². The molecule has 100 valence electrons. The normalized spacial score (nSPS) is 10.4. The number of nitrogens with one attached hydrogen (secondary N) is 1. The van der Waals surface area contributed by atoms with Crippen LogP contribution in [0.1, 0.15) is 15.9 Å². The highest BCUT2D eigenvalue weighted by molar-refractivity contribution is 6.06. The predicted molar refractivity (Wildman–Crippen MR) is 68.8 cm³/mol. The van der Waals surface area contributed by atoms with E-state index in [2.05, 4.69) is 10.4 Å². The summed E-state index contributed by atoms with van der Waals surface area (Å²) in [4.78, 5) is 12.0. The number of para-hydroxylation sites is 1. The van der Waals surface area contributed by atoms with E-state index in [1.54, 1.807) is 13.2 Å². The zero-order chi connectivity index (χ0) is 14.0. The molecule has 7 heteroatoms. The van der Waals surface area contributed by atoms with Gasteiger partial charge in [0.2, 0.25) is 0 Å². The average molecular weight is 262 g/mol. The van der Waals surface area contributed by atoms with E-state index in [0.29, 0.717) is 11.4 Å². The van der Waals surface area contributed by atoms with Gasteiger partial charge >= 0.3 is 0 Å². The molecule has 2 aromatic rings. The molecule has 19 heavy (non-hydrogen) atoms. The summed E-state index contributed by atoms with van der Waals surface area (Å²) in [6.07, 6.45) is 1.69. The van der Waals surface area contributed by atoms with E-state index in [0.717, 1.165) is 0 Å².